The van der Waals surface area contributed by atoms with Gasteiger partial charge in [0.15, 0.2) is 11.5 Å². The summed E-state index contributed by atoms with van der Waals surface area (Å²) in [5.74, 6) is -0.806. The minimum atomic E-state index is -0.891. The predicted molar refractivity (Wildman–Crippen MR) is 162 cm³/mol. The first kappa shape index (κ1) is 28.9. The summed E-state index contributed by atoms with van der Waals surface area (Å²) < 4.78 is 1.65. The maximum Gasteiger partial charge on any atom is 0.310 e. The average molecular weight is 572 g/mol. The van der Waals surface area contributed by atoms with E-state index in [-0.39, 0.29) is 11.4 Å². The van der Waals surface area contributed by atoms with Crippen molar-refractivity contribution in [2.75, 3.05) is 30.3 Å². The molecule has 1 unspecified atom stereocenters. The van der Waals surface area contributed by atoms with Gasteiger partial charge in [0.05, 0.1) is 28.2 Å². The Bertz CT molecular complexity index is 1630. The second-order valence-electron chi connectivity index (χ2n) is 11.4. The second-order valence-corrected chi connectivity index (χ2v) is 11.4. The van der Waals surface area contributed by atoms with E-state index in [2.05, 4.69) is 54.7 Å². The molecule has 1 fully saturated rings. The normalized spacial score (nSPS) is 15.5. The van der Waals surface area contributed by atoms with Gasteiger partial charge >= 0.3 is 5.97 Å². The molecular weight excluding hydrogens is 534 g/mol. The number of aliphatic carboxylic acids is 1. The van der Waals surface area contributed by atoms with Crippen LogP contribution in [0.15, 0.2) is 42.7 Å². The number of carbonyl (C=O) groups excluding carboxylic acids is 1. The van der Waals surface area contributed by atoms with Crippen molar-refractivity contribution >= 4 is 46.1 Å². The van der Waals surface area contributed by atoms with Crippen LogP contribution < -0.4 is 16.0 Å². The van der Waals surface area contributed by atoms with E-state index in [9.17, 15) is 14.7 Å². The van der Waals surface area contributed by atoms with Crippen molar-refractivity contribution < 1.29 is 14.7 Å². The number of nitrogens with one attached hydrogen (secondary N) is 3. The number of anilines is 4. The highest BCUT2D eigenvalue weighted by Crippen LogP contribution is 2.29. The molecule has 0 saturated carbocycles. The number of aryl methyl sites for hydroxylation is 2. The van der Waals surface area contributed by atoms with Crippen molar-refractivity contribution in [3.8, 4) is 0 Å². The number of benzene rings is 1. The van der Waals surface area contributed by atoms with Crippen LogP contribution in [0.2, 0.25) is 0 Å². The lowest BCUT2D eigenvalue weighted by Gasteiger charge is -2.31. The number of carboxylic acids is 1. The van der Waals surface area contributed by atoms with E-state index in [0.717, 1.165) is 18.8 Å². The van der Waals surface area contributed by atoms with Crippen molar-refractivity contribution in [1.29, 1.82) is 0 Å². The van der Waals surface area contributed by atoms with Crippen molar-refractivity contribution in [3.05, 3.63) is 59.5 Å². The van der Waals surface area contributed by atoms with Crippen LogP contribution in [-0.4, -0.2) is 71.8 Å². The van der Waals surface area contributed by atoms with Gasteiger partial charge < -0.3 is 21.1 Å². The zero-order valence-electron chi connectivity index (χ0n) is 24.6. The van der Waals surface area contributed by atoms with E-state index < -0.39 is 11.9 Å². The Morgan fingerprint density at radius 3 is 2.69 bits per heavy atom. The van der Waals surface area contributed by atoms with Crippen molar-refractivity contribution in [1.82, 2.24) is 34.9 Å². The molecule has 1 aromatic carbocycles. The van der Waals surface area contributed by atoms with Gasteiger partial charge in [0, 0.05) is 43.8 Å². The molecule has 5 rings (SSSR count). The largest absolute Gasteiger partial charge is 0.481 e. The SMILES string of the molecule is Cc1ncc(C(=O)NCCN2CCCC2(C)C)cc1Nc1nn(C)c2nc(Nc3cccc(C(C)C(=O)O)c3)ncc12. The van der Waals surface area contributed by atoms with Crippen LogP contribution in [-0.2, 0) is 11.8 Å². The summed E-state index contributed by atoms with van der Waals surface area (Å²) in [6.45, 7) is 10.4. The topological polar surface area (TPSA) is 150 Å². The molecular formula is C30H37N9O3. The maximum absolute atomic E-state index is 12.9. The third-order valence-electron chi connectivity index (χ3n) is 7.94. The number of rotatable bonds is 10. The van der Waals surface area contributed by atoms with Crippen LogP contribution in [0, 0.1) is 6.92 Å². The fourth-order valence-electron chi connectivity index (χ4n) is 5.24. The molecule has 42 heavy (non-hydrogen) atoms. The number of likely N-dealkylation sites (tertiary alicyclic amines) is 1. The van der Waals surface area contributed by atoms with E-state index in [1.54, 1.807) is 55.3 Å². The van der Waals surface area contributed by atoms with Gasteiger partial charge in [-0.2, -0.15) is 10.1 Å². The summed E-state index contributed by atoms with van der Waals surface area (Å²) >= 11 is 0. The van der Waals surface area contributed by atoms with Gasteiger partial charge in [-0.05, 0) is 70.8 Å². The molecule has 0 radical (unpaired) electrons. The lowest BCUT2D eigenvalue weighted by molar-refractivity contribution is -0.138. The monoisotopic (exact) mass is 571 g/mol. The number of hydrogen-bond acceptors (Lipinski definition) is 9. The van der Waals surface area contributed by atoms with E-state index >= 15 is 0 Å². The summed E-state index contributed by atoms with van der Waals surface area (Å²) in [6.07, 6.45) is 5.61. The number of aromatic nitrogens is 5. The molecule has 0 spiro atoms. The first-order valence-electron chi connectivity index (χ1n) is 14.1. The Morgan fingerprint density at radius 1 is 1.14 bits per heavy atom. The third kappa shape index (κ3) is 6.18. The van der Waals surface area contributed by atoms with Crippen LogP contribution in [0.5, 0.6) is 0 Å². The van der Waals surface area contributed by atoms with Gasteiger partial charge in [-0.3, -0.25) is 19.5 Å². The molecule has 1 atom stereocenters. The van der Waals surface area contributed by atoms with Crippen LogP contribution in [0.25, 0.3) is 11.0 Å². The Hall–Kier alpha value is -4.58. The first-order chi connectivity index (χ1) is 20.0. The van der Waals surface area contributed by atoms with Crippen molar-refractivity contribution in [2.24, 2.45) is 7.05 Å². The second kappa shape index (κ2) is 11.7. The number of fused-ring (bicyclic) bond motifs is 1. The van der Waals surface area contributed by atoms with Crippen LogP contribution in [0.4, 0.5) is 23.1 Å². The Labute approximate surface area is 244 Å². The van der Waals surface area contributed by atoms with Gasteiger partial charge in [0.2, 0.25) is 5.95 Å². The molecule has 1 aliphatic heterocycles. The first-order valence-corrected chi connectivity index (χ1v) is 14.1. The molecule has 220 valence electrons. The minimum absolute atomic E-state index is 0.172. The highest BCUT2D eigenvalue weighted by atomic mass is 16.4. The summed E-state index contributed by atoms with van der Waals surface area (Å²) in [4.78, 5) is 40.2. The van der Waals surface area contributed by atoms with Crippen molar-refractivity contribution in [2.45, 2.75) is 52.0 Å². The van der Waals surface area contributed by atoms with Gasteiger partial charge in [0.1, 0.15) is 0 Å². The smallest absolute Gasteiger partial charge is 0.310 e. The number of pyridine rings is 1. The molecule has 12 nitrogen and oxygen atoms in total. The quantitative estimate of drug-likeness (QED) is 0.216. The standard InChI is InChI=1S/C30H37N9O3/c1-18(28(41)42)20-8-6-9-22(14-20)34-29-33-17-23-25(37-38(5)26(23)36-29)35-24-15-21(16-32-19(24)2)27(40)31-11-13-39-12-7-10-30(39,3)4/h6,8-9,14-18H,7,10-13H2,1-5H3,(H,31,40)(H,35,37)(H,41,42)(H,33,34,36). The number of carboxylic acid groups (broad SMARTS) is 1. The zero-order valence-corrected chi connectivity index (χ0v) is 24.6. The predicted octanol–water partition coefficient (Wildman–Crippen LogP) is 4.35. The molecule has 4 aromatic rings. The number of carbonyl (C=O) groups is 2. The molecule has 4 heterocycles. The van der Waals surface area contributed by atoms with Gasteiger partial charge in [-0.25, -0.2) is 9.67 Å². The van der Waals surface area contributed by atoms with E-state index in [0.29, 0.717) is 51.8 Å². The molecule has 12 heteroatoms. The molecule has 1 aliphatic rings. The summed E-state index contributed by atoms with van der Waals surface area (Å²) in [5, 5.41) is 24.1. The molecule has 1 amide bonds. The Morgan fingerprint density at radius 2 is 1.95 bits per heavy atom. The molecule has 0 bridgehead atoms. The third-order valence-corrected chi connectivity index (χ3v) is 7.94. The lowest BCUT2D eigenvalue weighted by atomic mass is 10.0. The fourth-order valence-corrected chi connectivity index (χ4v) is 5.24. The van der Waals surface area contributed by atoms with Crippen LogP contribution in [0.1, 0.15) is 61.1 Å². The number of hydrogen-bond donors (Lipinski definition) is 4. The van der Waals surface area contributed by atoms with Crippen LogP contribution in [0.3, 0.4) is 0 Å². The maximum atomic E-state index is 12.9. The highest BCUT2D eigenvalue weighted by molar-refractivity contribution is 5.96. The average Bonchev–Trinajstić information content (AvgIpc) is 3.46. The van der Waals surface area contributed by atoms with Crippen molar-refractivity contribution in [3.63, 3.8) is 0 Å². The van der Waals surface area contributed by atoms with E-state index in [1.807, 2.05) is 13.0 Å². The molecule has 1 saturated heterocycles. The van der Waals surface area contributed by atoms with E-state index in [1.165, 1.54) is 12.8 Å². The number of amides is 1. The van der Waals surface area contributed by atoms with Gasteiger partial charge in [-0.1, -0.05) is 12.1 Å². The molecule has 0 aliphatic carbocycles. The molecule has 4 N–H and O–H groups in total. The van der Waals surface area contributed by atoms with Gasteiger partial charge in [0.25, 0.3) is 5.91 Å². The van der Waals surface area contributed by atoms with Gasteiger partial charge in [-0.15, -0.1) is 0 Å². The Balaban J connectivity index is 1.29. The summed E-state index contributed by atoms with van der Waals surface area (Å²) in [5.41, 5.74) is 3.97. The highest BCUT2D eigenvalue weighted by Gasteiger charge is 2.31. The number of nitrogens with zero attached hydrogens (tertiary/aromatic N) is 6. The lowest BCUT2D eigenvalue weighted by Crippen LogP contribution is -2.43. The zero-order chi connectivity index (χ0) is 30.0. The summed E-state index contributed by atoms with van der Waals surface area (Å²) in [6, 6.07) is 8.95. The summed E-state index contributed by atoms with van der Waals surface area (Å²) in [7, 11) is 1.79. The Kier molecular flexibility index (Phi) is 8.08. The minimum Gasteiger partial charge on any atom is -0.481 e. The van der Waals surface area contributed by atoms with E-state index in [4.69, 9.17) is 0 Å². The van der Waals surface area contributed by atoms with Crippen LogP contribution >= 0.6 is 0 Å². The fraction of sp³-hybridized carbons (Fsp3) is 0.400. The molecule has 3 aromatic heterocycles.